The van der Waals surface area contributed by atoms with Crippen molar-refractivity contribution in [3.63, 3.8) is 0 Å². The molecule has 214 valence electrons. The first-order chi connectivity index (χ1) is 19.1. The van der Waals surface area contributed by atoms with Crippen molar-refractivity contribution in [1.82, 2.24) is 9.80 Å². The summed E-state index contributed by atoms with van der Waals surface area (Å²) in [5.41, 5.74) is 1.08. The number of hydrogen-bond acceptors (Lipinski definition) is 5. The van der Waals surface area contributed by atoms with E-state index in [-0.39, 0.29) is 22.7 Å². The molecule has 0 aliphatic carbocycles. The Bertz CT molecular complexity index is 1390. The number of carbonyl (C=O) groups is 1. The minimum atomic E-state index is -3.75. The van der Waals surface area contributed by atoms with Crippen molar-refractivity contribution in [3.8, 4) is 11.5 Å². The van der Waals surface area contributed by atoms with Gasteiger partial charge in [-0.15, -0.1) is 0 Å². The normalized spacial score (nSPS) is 14.6. The SMILES string of the molecule is CCCCN(C(=O)Nc1ccc(F)cc1F)C1CCN(Cc2ccc(Oc3ccc(S(N)(=O)=O)cc3)cc2)CC1. The number of nitrogens with two attached hydrogens (primary N) is 1. The zero-order chi connectivity index (χ0) is 28.7. The summed E-state index contributed by atoms with van der Waals surface area (Å²) in [6.07, 6.45) is 3.34. The number of benzene rings is 3. The molecule has 0 spiro atoms. The van der Waals surface area contributed by atoms with Crippen molar-refractivity contribution < 1.29 is 26.7 Å². The van der Waals surface area contributed by atoms with Crippen LogP contribution >= 0.6 is 0 Å². The highest BCUT2D eigenvalue weighted by atomic mass is 32.2. The van der Waals surface area contributed by atoms with Crippen LogP contribution in [0, 0.1) is 11.6 Å². The van der Waals surface area contributed by atoms with Gasteiger partial charge >= 0.3 is 6.03 Å². The number of primary sulfonamides is 1. The van der Waals surface area contributed by atoms with Gasteiger partial charge in [-0.3, -0.25) is 4.90 Å². The predicted octanol–water partition coefficient (Wildman–Crippen LogP) is 5.70. The van der Waals surface area contributed by atoms with E-state index in [1.165, 1.54) is 18.2 Å². The Balaban J connectivity index is 1.30. The average Bonchev–Trinajstić information content (AvgIpc) is 2.92. The molecule has 1 saturated heterocycles. The molecule has 1 heterocycles. The molecule has 3 N–H and O–H groups in total. The fourth-order valence-corrected chi connectivity index (χ4v) is 5.22. The molecule has 3 aromatic rings. The standard InChI is InChI=1S/C29H34F2N4O4S/c1-2-3-16-35(29(36)33-28-13-6-22(30)19-27(28)31)23-14-17-34(18-15-23)20-21-4-7-24(8-5-21)39-25-9-11-26(12-10-25)40(32,37)38/h4-13,19,23H,2-3,14-18,20H2,1H3,(H,33,36)(H2,32,37,38). The summed E-state index contributed by atoms with van der Waals surface area (Å²) >= 11 is 0. The van der Waals surface area contributed by atoms with Crippen LogP contribution in [0.4, 0.5) is 19.3 Å². The molecule has 3 aromatic carbocycles. The third-order valence-corrected chi connectivity index (χ3v) is 7.83. The number of unbranched alkanes of at least 4 members (excludes halogenated alkanes) is 1. The highest BCUT2D eigenvalue weighted by Gasteiger charge is 2.28. The molecule has 4 rings (SSSR count). The monoisotopic (exact) mass is 572 g/mol. The van der Waals surface area contributed by atoms with Gasteiger partial charge in [0.2, 0.25) is 10.0 Å². The summed E-state index contributed by atoms with van der Waals surface area (Å²) in [6, 6.07) is 16.4. The maximum Gasteiger partial charge on any atom is 0.322 e. The minimum Gasteiger partial charge on any atom is -0.457 e. The summed E-state index contributed by atoms with van der Waals surface area (Å²) in [7, 11) is -3.75. The highest BCUT2D eigenvalue weighted by molar-refractivity contribution is 7.89. The number of nitrogens with one attached hydrogen (secondary N) is 1. The van der Waals surface area contributed by atoms with Crippen LogP contribution in [-0.2, 0) is 16.6 Å². The smallest absolute Gasteiger partial charge is 0.322 e. The number of halogens is 2. The number of rotatable bonds is 10. The molecule has 2 amide bonds. The molecule has 8 nitrogen and oxygen atoms in total. The number of nitrogens with zero attached hydrogens (tertiary/aromatic N) is 2. The van der Waals surface area contributed by atoms with E-state index in [1.54, 1.807) is 17.0 Å². The van der Waals surface area contributed by atoms with Gasteiger partial charge in [-0.1, -0.05) is 25.5 Å². The molecular formula is C29H34F2N4O4S. The lowest BCUT2D eigenvalue weighted by molar-refractivity contribution is 0.122. The largest absolute Gasteiger partial charge is 0.457 e. The van der Waals surface area contributed by atoms with E-state index in [2.05, 4.69) is 17.1 Å². The van der Waals surface area contributed by atoms with Crippen LogP contribution in [0.15, 0.2) is 71.6 Å². The summed E-state index contributed by atoms with van der Waals surface area (Å²) in [5.74, 6) is -0.359. The third kappa shape index (κ3) is 8.00. The first kappa shape index (κ1) is 29.4. The van der Waals surface area contributed by atoms with Crippen LogP contribution in [0.3, 0.4) is 0 Å². The number of urea groups is 1. The molecule has 0 radical (unpaired) electrons. The summed E-state index contributed by atoms with van der Waals surface area (Å²) < 4.78 is 56.0. The van der Waals surface area contributed by atoms with Crippen molar-refractivity contribution in [2.75, 3.05) is 25.0 Å². The molecule has 11 heteroatoms. The second-order valence-corrected chi connectivity index (χ2v) is 11.4. The maximum atomic E-state index is 14.1. The molecule has 0 bridgehead atoms. The zero-order valence-electron chi connectivity index (χ0n) is 22.4. The number of hydrogen-bond donors (Lipinski definition) is 2. The van der Waals surface area contributed by atoms with Gasteiger partial charge in [-0.05, 0) is 73.4 Å². The topological polar surface area (TPSA) is 105 Å². The van der Waals surface area contributed by atoms with Crippen molar-refractivity contribution >= 4 is 21.7 Å². The number of carbonyl (C=O) groups excluding carboxylic acids is 1. The van der Waals surface area contributed by atoms with Crippen LogP contribution in [0.1, 0.15) is 38.2 Å². The lowest BCUT2D eigenvalue weighted by atomic mass is 10.0. The Hall–Kier alpha value is -3.54. The van der Waals surface area contributed by atoms with Gasteiger partial charge in [0.15, 0.2) is 0 Å². The van der Waals surface area contributed by atoms with E-state index in [9.17, 15) is 22.0 Å². The Labute approximate surface area is 233 Å². The second kappa shape index (κ2) is 13.2. The second-order valence-electron chi connectivity index (χ2n) is 9.87. The van der Waals surface area contributed by atoms with Crippen LogP contribution < -0.4 is 15.2 Å². The number of ether oxygens (including phenoxy) is 1. The zero-order valence-corrected chi connectivity index (χ0v) is 23.2. The van der Waals surface area contributed by atoms with Crippen molar-refractivity contribution in [3.05, 3.63) is 83.9 Å². The first-order valence-electron chi connectivity index (χ1n) is 13.3. The van der Waals surface area contributed by atoms with E-state index in [4.69, 9.17) is 9.88 Å². The van der Waals surface area contributed by atoms with Crippen LogP contribution in [-0.4, -0.2) is 49.9 Å². The van der Waals surface area contributed by atoms with Gasteiger partial charge in [-0.25, -0.2) is 27.1 Å². The van der Waals surface area contributed by atoms with Crippen LogP contribution in [0.25, 0.3) is 0 Å². The summed E-state index contributed by atoms with van der Waals surface area (Å²) in [5, 5.41) is 7.74. The van der Waals surface area contributed by atoms with Gasteiger partial charge in [0.25, 0.3) is 0 Å². The van der Waals surface area contributed by atoms with Crippen LogP contribution in [0.5, 0.6) is 11.5 Å². The quantitative estimate of drug-likeness (QED) is 0.324. The Morgan fingerprint density at radius 2 is 1.65 bits per heavy atom. The van der Waals surface area contributed by atoms with E-state index < -0.39 is 21.7 Å². The van der Waals surface area contributed by atoms with E-state index in [0.29, 0.717) is 18.0 Å². The number of piperidine rings is 1. The van der Waals surface area contributed by atoms with Gasteiger partial charge < -0.3 is 15.0 Å². The molecule has 0 aromatic heterocycles. The minimum absolute atomic E-state index is 0.0230. The summed E-state index contributed by atoms with van der Waals surface area (Å²) in [4.78, 5) is 17.2. The molecule has 1 aliphatic heterocycles. The van der Waals surface area contributed by atoms with Crippen molar-refractivity contribution in [2.24, 2.45) is 5.14 Å². The van der Waals surface area contributed by atoms with Crippen molar-refractivity contribution in [2.45, 2.75) is 50.1 Å². The van der Waals surface area contributed by atoms with Gasteiger partial charge in [0.05, 0.1) is 10.6 Å². The highest BCUT2D eigenvalue weighted by Crippen LogP contribution is 2.25. The third-order valence-electron chi connectivity index (χ3n) is 6.90. The molecular weight excluding hydrogens is 538 g/mol. The molecule has 0 unspecified atom stereocenters. The van der Waals surface area contributed by atoms with Gasteiger partial charge in [0.1, 0.15) is 23.1 Å². The number of likely N-dealkylation sites (tertiary alicyclic amines) is 1. The predicted molar refractivity (Wildman–Crippen MR) is 150 cm³/mol. The molecule has 40 heavy (non-hydrogen) atoms. The molecule has 1 aliphatic rings. The Kier molecular flexibility index (Phi) is 9.72. The molecule has 1 fully saturated rings. The fourth-order valence-electron chi connectivity index (χ4n) is 4.70. The van der Waals surface area contributed by atoms with E-state index >= 15 is 0 Å². The lowest BCUT2D eigenvalue weighted by Crippen LogP contribution is -2.49. The Morgan fingerprint density at radius 3 is 2.23 bits per heavy atom. The average molecular weight is 573 g/mol. The Morgan fingerprint density at radius 1 is 1.02 bits per heavy atom. The van der Waals surface area contributed by atoms with E-state index in [1.807, 2.05) is 24.3 Å². The maximum absolute atomic E-state index is 14.1. The van der Waals surface area contributed by atoms with Crippen LogP contribution in [0.2, 0.25) is 0 Å². The summed E-state index contributed by atoms with van der Waals surface area (Å²) in [6.45, 7) is 4.99. The van der Waals surface area contributed by atoms with Gasteiger partial charge in [0, 0.05) is 38.3 Å². The molecule has 0 atom stereocenters. The first-order valence-corrected chi connectivity index (χ1v) is 14.8. The van der Waals surface area contributed by atoms with Gasteiger partial charge in [-0.2, -0.15) is 0 Å². The lowest BCUT2D eigenvalue weighted by Gasteiger charge is -2.38. The molecule has 0 saturated carbocycles. The van der Waals surface area contributed by atoms with Crippen molar-refractivity contribution in [1.29, 1.82) is 0 Å². The number of amides is 2. The number of sulfonamides is 1. The fraction of sp³-hybridized carbons (Fsp3) is 0.345. The number of anilines is 1. The van der Waals surface area contributed by atoms with E-state index in [0.717, 1.165) is 63.0 Å².